The first-order valence-corrected chi connectivity index (χ1v) is 6.97. The standard InChI is InChI=1S/C18H16N2O2/c1-12(18(21)14-8-15(22-2)11-19-9-14)7-13-10-20-17-6-4-3-5-16(13)17/h3-11,20H,1-2H3/b12-7+. The number of methoxy groups -OCH3 is 1. The molecule has 2 heterocycles. The van der Waals surface area contributed by atoms with Crippen LogP contribution in [0.2, 0.25) is 0 Å². The van der Waals surface area contributed by atoms with E-state index in [0.717, 1.165) is 16.5 Å². The van der Waals surface area contributed by atoms with Gasteiger partial charge in [-0.2, -0.15) is 0 Å². The van der Waals surface area contributed by atoms with Crippen LogP contribution in [0.4, 0.5) is 0 Å². The van der Waals surface area contributed by atoms with E-state index < -0.39 is 0 Å². The zero-order valence-corrected chi connectivity index (χ0v) is 12.5. The number of ketones is 1. The monoisotopic (exact) mass is 292 g/mol. The van der Waals surface area contributed by atoms with Gasteiger partial charge in [-0.1, -0.05) is 18.2 Å². The van der Waals surface area contributed by atoms with Crippen LogP contribution in [0.5, 0.6) is 5.75 Å². The van der Waals surface area contributed by atoms with Gasteiger partial charge >= 0.3 is 0 Å². The molecular weight excluding hydrogens is 276 g/mol. The number of hydrogen-bond acceptors (Lipinski definition) is 3. The summed E-state index contributed by atoms with van der Waals surface area (Å²) in [6, 6.07) is 9.70. The molecule has 110 valence electrons. The van der Waals surface area contributed by atoms with Gasteiger partial charge < -0.3 is 9.72 Å². The Balaban J connectivity index is 1.95. The average Bonchev–Trinajstić information content (AvgIpc) is 2.97. The topological polar surface area (TPSA) is 55.0 Å². The number of allylic oxidation sites excluding steroid dienone is 1. The van der Waals surface area contributed by atoms with Crippen LogP contribution in [-0.2, 0) is 0 Å². The lowest BCUT2D eigenvalue weighted by atomic mass is 10.0. The lowest BCUT2D eigenvalue weighted by molar-refractivity contribution is 0.103. The van der Waals surface area contributed by atoms with Crippen LogP contribution in [0.15, 0.2) is 54.5 Å². The number of fused-ring (bicyclic) bond motifs is 1. The largest absolute Gasteiger partial charge is 0.495 e. The number of para-hydroxylation sites is 1. The second-order valence-corrected chi connectivity index (χ2v) is 5.06. The summed E-state index contributed by atoms with van der Waals surface area (Å²) in [5, 5.41) is 1.10. The zero-order chi connectivity index (χ0) is 15.5. The van der Waals surface area contributed by atoms with Crippen LogP contribution in [0, 0.1) is 0 Å². The Labute approximate surface area is 128 Å². The molecule has 1 aromatic carbocycles. The number of carbonyl (C=O) groups is 1. The van der Waals surface area contributed by atoms with Gasteiger partial charge in [-0.15, -0.1) is 0 Å². The normalized spacial score (nSPS) is 11.6. The first-order valence-electron chi connectivity index (χ1n) is 6.97. The van der Waals surface area contributed by atoms with Gasteiger partial charge in [-0.3, -0.25) is 9.78 Å². The van der Waals surface area contributed by atoms with Crippen LogP contribution in [-0.4, -0.2) is 22.9 Å². The highest BCUT2D eigenvalue weighted by molar-refractivity contribution is 6.11. The maximum absolute atomic E-state index is 12.5. The number of ether oxygens (including phenoxy) is 1. The smallest absolute Gasteiger partial charge is 0.190 e. The molecule has 0 unspecified atom stereocenters. The van der Waals surface area contributed by atoms with E-state index >= 15 is 0 Å². The molecule has 3 rings (SSSR count). The summed E-state index contributed by atoms with van der Waals surface area (Å²) in [6.45, 7) is 1.81. The number of hydrogen-bond donors (Lipinski definition) is 1. The molecule has 0 aliphatic rings. The van der Waals surface area contributed by atoms with E-state index in [4.69, 9.17) is 4.74 Å². The zero-order valence-electron chi connectivity index (χ0n) is 12.5. The van der Waals surface area contributed by atoms with Gasteiger partial charge in [0.25, 0.3) is 0 Å². The fourth-order valence-electron chi connectivity index (χ4n) is 2.39. The molecule has 1 N–H and O–H groups in total. The number of aromatic amines is 1. The minimum absolute atomic E-state index is 0.0586. The molecule has 0 saturated heterocycles. The Bertz CT molecular complexity index is 862. The second-order valence-electron chi connectivity index (χ2n) is 5.06. The number of aromatic nitrogens is 2. The van der Waals surface area contributed by atoms with E-state index in [9.17, 15) is 4.79 Å². The van der Waals surface area contributed by atoms with Gasteiger partial charge in [0.1, 0.15) is 5.75 Å². The predicted octanol–water partition coefficient (Wildman–Crippen LogP) is 3.86. The van der Waals surface area contributed by atoms with Crippen molar-refractivity contribution in [2.24, 2.45) is 0 Å². The van der Waals surface area contributed by atoms with Crippen molar-refractivity contribution in [2.75, 3.05) is 7.11 Å². The number of nitrogens with one attached hydrogen (secondary N) is 1. The summed E-state index contributed by atoms with van der Waals surface area (Å²) < 4.78 is 5.11. The molecule has 2 aromatic heterocycles. The first-order chi connectivity index (χ1) is 10.7. The van der Waals surface area contributed by atoms with E-state index in [1.807, 2.05) is 43.5 Å². The van der Waals surface area contributed by atoms with E-state index in [1.165, 1.54) is 0 Å². The predicted molar refractivity (Wildman–Crippen MR) is 87.1 cm³/mol. The summed E-state index contributed by atoms with van der Waals surface area (Å²) in [4.78, 5) is 19.7. The van der Waals surface area contributed by atoms with Gasteiger partial charge in [-0.25, -0.2) is 0 Å². The summed E-state index contributed by atoms with van der Waals surface area (Å²) >= 11 is 0. The number of benzene rings is 1. The molecule has 0 amide bonds. The van der Waals surface area contributed by atoms with Crippen LogP contribution >= 0.6 is 0 Å². The van der Waals surface area contributed by atoms with E-state index in [1.54, 1.807) is 25.6 Å². The Kier molecular flexibility index (Phi) is 3.74. The van der Waals surface area contributed by atoms with Crippen molar-refractivity contribution in [1.29, 1.82) is 0 Å². The molecule has 0 atom stereocenters. The van der Waals surface area contributed by atoms with Gasteiger partial charge in [0.15, 0.2) is 5.78 Å². The highest BCUT2D eigenvalue weighted by atomic mass is 16.5. The minimum Gasteiger partial charge on any atom is -0.495 e. The SMILES string of the molecule is COc1cncc(C(=O)/C(C)=C/c2c[nH]c3ccccc23)c1. The van der Waals surface area contributed by atoms with Crippen molar-refractivity contribution in [3.8, 4) is 5.75 Å². The molecule has 22 heavy (non-hydrogen) atoms. The number of H-pyrrole nitrogens is 1. The summed E-state index contributed by atoms with van der Waals surface area (Å²) in [5.41, 5.74) is 3.22. The van der Waals surface area contributed by atoms with Crippen molar-refractivity contribution >= 4 is 22.8 Å². The van der Waals surface area contributed by atoms with Crippen LogP contribution < -0.4 is 4.74 Å². The lowest BCUT2D eigenvalue weighted by Gasteiger charge is -2.03. The van der Waals surface area contributed by atoms with E-state index in [2.05, 4.69) is 9.97 Å². The number of Topliss-reactive ketones (excluding diaryl/α,β-unsaturated/α-hetero) is 1. The molecule has 0 spiro atoms. The Hall–Kier alpha value is -2.88. The number of pyridine rings is 1. The highest BCUT2D eigenvalue weighted by Crippen LogP contribution is 2.22. The maximum atomic E-state index is 12.5. The maximum Gasteiger partial charge on any atom is 0.190 e. The molecule has 0 saturated carbocycles. The van der Waals surface area contributed by atoms with Gasteiger partial charge in [0.2, 0.25) is 0 Å². The Morgan fingerprint density at radius 1 is 1.27 bits per heavy atom. The third-order valence-electron chi connectivity index (χ3n) is 3.56. The molecule has 0 aliphatic heterocycles. The lowest BCUT2D eigenvalue weighted by Crippen LogP contribution is -2.01. The number of nitrogens with zero attached hydrogens (tertiary/aromatic N) is 1. The fourth-order valence-corrected chi connectivity index (χ4v) is 2.39. The van der Waals surface area contributed by atoms with E-state index in [-0.39, 0.29) is 5.78 Å². The van der Waals surface area contributed by atoms with Crippen LogP contribution in [0.25, 0.3) is 17.0 Å². The third-order valence-corrected chi connectivity index (χ3v) is 3.56. The molecule has 0 radical (unpaired) electrons. The summed E-state index contributed by atoms with van der Waals surface area (Å²) in [7, 11) is 1.56. The van der Waals surface area contributed by atoms with Gasteiger partial charge in [0.05, 0.1) is 13.3 Å². The molecule has 0 aliphatic carbocycles. The van der Waals surface area contributed by atoms with Gasteiger partial charge in [-0.05, 0) is 30.7 Å². The van der Waals surface area contributed by atoms with Crippen molar-refractivity contribution < 1.29 is 9.53 Å². The molecule has 0 fully saturated rings. The quantitative estimate of drug-likeness (QED) is 0.587. The molecular formula is C18H16N2O2. The van der Waals surface area contributed by atoms with Crippen molar-refractivity contribution in [1.82, 2.24) is 9.97 Å². The van der Waals surface area contributed by atoms with Crippen molar-refractivity contribution in [3.05, 3.63) is 65.6 Å². The fraction of sp³-hybridized carbons (Fsp3) is 0.111. The summed E-state index contributed by atoms with van der Waals surface area (Å²) in [5.74, 6) is 0.516. The van der Waals surface area contributed by atoms with Gasteiger partial charge in [0, 0.05) is 34.4 Å². The second kappa shape index (κ2) is 5.85. The molecule has 4 heteroatoms. The summed E-state index contributed by atoms with van der Waals surface area (Å²) in [6.07, 6.45) is 6.93. The van der Waals surface area contributed by atoms with E-state index in [0.29, 0.717) is 16.9 Å². The number of rotatable bonds is 4. The molecule has 0 bridgehead atoms. The van der Waals surface area contributed by atoms with Crippen LogP contribution in [0.1, 0.15) is 22.8 Å². The molecule has 3 aromatic rings. The first kappa shape index (κ1) is 14.1. The number of carbonyl (C=O) groups excluding carboxylic acids is 1. The van der Waals surface area contributed by atoms with Crippen LogP contribution in [0.3, 0.4) is 0 Å². The Morgan fingerprint density at radius 3 is 2.91 bits per heavy atom. The van der Waals surface area contributed by atoms with Crippen molar-refractivity contribution in [2.45, 2.75) is 6.92 Å². The highest BCUT2D eigenvalue weighted by Gasteiger charge is 2.11. The third kappa shape index (κ3) is 2.63. The molecule has 4 nitrogen and oxygen atoms in total. The average molecular weight is 292 g/mol. The van der Waals surface area contributed by atoms with Crippen molar-refractivity contribution in [3.63, 3.8) is 0 Å². The Morgan fingerprint density at radius 2 is 2.09 bits per heavy atom. The minimum atomic E-state index is -0.0586.